The Kier molecular flexibility index (Phi) is 4.80. The second-order valence-corrected chi connectivity index (χ2v) is 10.2. The van der Waals surface area contributed by atoms with Gasteiger partial charge in [0.15, 0.2) is 5.79 Å². The molecule has 0 aromatic heterocycles. The minimum Gasteiger partial charge on any atom is -0.459 e. The van der Waals surface area contributed by atoms with E-state index < -0.39 is 11.9 Å². The monoisotopic (exact) mass is 390 g/mol. The van der Waals surface area contributed by atoms with Crippen LogP contribution in [0.25, 0.3) is 0 Å². The number of hydrogen-bond acceptors (Lipinski definition) is 5. The number of allylic oxidation sites excluding steroid dienone is 2. The van der Waals surface area contributed by atoms with Crippen LogP contribution in [0.3, 0.4) is 0 Å². The maximum absolute atomic E-state index is 11.9. The molecule has 0 amide bonds. The van der Waals surface area contributed by atoms with E-state index in [1.807, 2.05) is 19.9 Å². The highest BCUT2D eigenvalue weighted by atomic mass is 16.7. The molecule has 4 aliphatic rings. The molecule has 2 aliphatic carbocycles. The molecule has 0 bridgehead atoms. The Morgan fingerprint density at radius 2 is 1.96 bits per heavy atom. The Morgan fingerprint density at radius 3 is 2.64 bits per heavy atom. The van der Waals surface area contributed by atoms with Crippen LogP contribution in [0.15, 0.2) is 23.8 Å². The van der Waals surface area contributed by atoms with E-state index in [0.29, 0.717) is 11.5 Å². The number of aliphatic hydroxyl groups excluding tert-OH is 1. The maximum Gasteiger partial charge on any atom is 0.336 e. The summed E-state index contributed by atoms with van der Waals surface area (Å²) in [6.45, 7) is 13.9. The van der Waals surface area contributed by atoms with Gasteiger partial charge >= 0.3 is 5.97 Å². The molecule has 1 N–H and O–H groups in total. The first kappa shape index (κ1) is 20.1. The number of cyclic esters (lactones) is 1. The zero-order chi connectivity index (χ0) is 20.3. The number of aliphatic hydroxyl groups is 1. The predicted molar refractivity (Wildman–Crippen MR) is 105 cm³/mol. The summed E-state index contributed by atoms with van der Waals surface area (Å²) in [7, 11) is 0. The van der Waals surface area contributed by atoms with Gasteiger partial charge in [-0.05, 0) is 63.2 Å². The lowest BCUT2D eigenvalue weighted by Gasteiger charge is -2.63. The standard InChI is InChI=1S/C23H34O5/c1-14-6-9-18-22(4,16(14)8-7-15-17(24)12-26-20(15)25)11-10-19-23(18,5)13-27-21(2,3)28-19/h7,16-19,24H,1,6,8-13H2,2-5H3/b15-7+/t16-,17-,18?,19-,22-,23+/m1/s1. The van der Waals surface area contributed by atoms with Gasteiger partial charge in [0.25, 0.3) is 0 Å². The molecule has 5 nitrogen and oxygen atoms in total. The largest absolute Gasteiger partial charge is 0.459 e. The fraction of sp³-hybridized carbons (Fsp3) is 0.783. The fourth-order valence-electron chi connectivity index (χ4n) is 6.43. The zero-order valence-electron chi connectivity index (χ0n) is 17.6. The van der Waals surface area contributed by atoms with Gasteiger partial charge in [-0.2, -0.15) is 0 Å². The van der Waals surface area contributed by atoms with Gasteiger partial charge in [-0.1, -0.05) is 32.1 Å². The molecule has 2 saturated heterocycles. The molecule has 2 aliphatic heterocycles. The first-order chi connectivity index (χ1) is 13.1. The normalized spacial score (nSPS) is 46.8. The Bertz CT molecular complexity index is 710. The van der Waals surface area contributed by atoms with Gasteiger partial charge < -0.3 is 19.3 Å². The summed E-state index contributed by atoms with van der Waals surface area (Å²) < 4.78 is 17.4. The van der Waals surface area contributed by atoms with Crippen molar-refractivity contribution in [1.29, 1.82) is 0 Å². The molecule has 28 heavy (non-hydrogen) atoms. The second-order valence-electron chi connectivity index (χ2n) is 10.2. The summed E-state index contributed by atoms with van der Waals surface area (Å²) in [5, 5.41) is 10.0. The van der Waals surface area contributed by atoms with Crippen LogP contribution >= 0.6 is 0 Å². The van der Waals surface area contributed by atoms with Crippen LogP contribution < -0.4 is 0 Å². The molecule has 6 atom stereocenters. The molecule has 0 spiro atoms. The van der Waals surface area contributed by atoms with Gasteiger partial charge in [0, 0.05) is 5.41 Å². The van der Waals surface area contributed by atoms with Crippen LogP contribution in [-0.2, 0) is 19.0 Å². The topological polar surface area (TPSA) is 65.0 Å². The first-order valence-corrected chi connectivity index (χ1v) is 10.6. The number of carbonyl (C=O) groups is 1. The minimum atomic E-state index is -0.802. The lowest BCUT2D eigenvalue weighted by molar-refractivity contribution is -0.344. The third-order valence-corrected chi connectivity index (χ3v) is 8.01. The Hall–Kier alpha value is -1.17. The molecule has 5 heteroatoms. The van der Waals surface area contributed by atoms with E-state index in [4.69, 9.17) is 14.2 Å². The number of esters is 1. The van der Waals surface area contributed by atoms with Gasteiger partial charge in [-0.15, -0.1) is 0 Å². The average molecular weight is 391 g/mol. The van der Waals surface area contributed by atoms with E-state index in [-0.39, 0.29) is 35.4 Å². The van der Waals surface area contributed by atoms with E-state index >= 15 is 0 Å². The molecular weight excluding hydrogens is 356 g/mol. The summed E-state index contributed by atoms with van der Waals surface area (Å²) >= 11 is 0. The molecule has 4 rings (SSSR count). The van der Waals surface area contributed by atoms with E-state index in [1.165, 1.54) is 5.57 Å². The summed E-state index contributed by atoms with van der Waals surface area (Å²) in [6, 6.07) is 0. The highest BCUT2D eigenvalue weighted by Gasteiger charge is 2.60. The third kappa shape index (κ3) is 3.06. The highest BCUT2D eigenvalue weighted by Crippen LogP contribution is 2.63. The molecule has 156 valence electrons. The van der Waals surface area contributed by atoms with Crippen molar-refractivity contribution in [2.45, 2.75) is 77.8 Å². The maximum atomic E-state index is 11.9. The Balaban J connectivity index is 1.61. The quantitative estimate of drug-likeness (QED) is 0.442. The van der Waals surface area contributed by atoms with Crippen molar-refractivity contribution in [1.82, 2.24) is 0 Å². The van der Waals surface area contributed by atoms with E-state index in [2.05, 4.69) is 20.4 Å². The van der Waals surface area contributed by atoms with Gasteiger partial charge in [0.1, 0.15) is 12.7 Å². The summed E-state index contributed by atoms with van der Waals surface area (Å²) in [6.07, 6.45) is 6.22. The van der Waals surface area contributed by atoms with Crippen molar-refractivity contribution < 1.29 is 24.1 Å². The van der Waals surface area contributed by atoms with Crippen molar-refractivity contribution in [3.8, 4) is 0 Å². The highest BCUT2D eigenvalue weighted by molar-refractivity contribution is 5.91. The number of fused-ring (bicyclic) bond motifs is 3. The van der Waals surface area contributed by atoms with Crippen LogP contribution in [0.2, 0.25) is 0 Å². The molecule has 2 heterocycles. The molecule has 0 radical (unpaired) electrons. The molecule has 0 aromatic rings. The molecule has 4 fully saturated rings. The van der Waals surface area contributed by atoms with Gasteiger partial charge in [0.2, 0.25) is 0 Å². The van der Waals surface area contributed by atoms with Crippen molar-refractivity contribution in [2.24, 2.45) is 22.7 Å². The van der Waals surface area contributed by atoms with Gasteiger partial charge in [-0.3, -0.25) is 0 Å². The molecule has 0 aromatic carbocycles. The number of ether oxygens (including phenoxy) is 3. The van der Waals surface area contributed by atoms with Crippen LogP contribution in [0.5, 0.6) is 0 Å². The summed E-state index contributed by atoms with van der Waals surface area (Å²) in [4.78, 5) is 11.9. The third-order valence-electron chi connectivity index (χ3n) is 8.01. The average Bonchev–Trinajstić information content (AvgIpc) is 2.93. The fourth-order valence-corrected chi connectivity index (χ4v) is 6.43. The molecule has 2 saturated carbocycles. The lowest BCUT2D eigenvalue weighted by atomic mass is 9.46. The molecular formula is C23H34O5. The predicted octanol–water partition coefficient (Wildman–Crippen LogP) is 3.76. The van der Waals surface area contributed by atoms with Crippen molar-refractivity contribution in [3.63, 3.8) is 0 Å². The van der Waals surface area contributed by atoms with E-state index in [1.54, 1.807) is 0 Å². The van der Waals surface area contributed by atoms with Crippen LogP contribution in [0, 0.1) is 22.7 Å². The SMILES string of the molecule is C=C1CCC2[C@](C)(CC[C@H]3OC(C)(C)OC[C@@]23C)[C@@H]1C/C=C1/C(=O)OC[C@H]1O. The van der Waals surface area contributed by atoms with Gasteiger partial charge in [-0.25, -0.2) is 4.79 Å². The number of carbonyl (C=O) groups excluding carboxylic acids is 1. The number of hydrogen-bond donors (Lipinski definition) is 1. The summed E-state index contributed by atoms with van der Waals surface area (Å²) in [5.74, 6) is -0.141. The second kappa shape index (κ2) is 6.68. The molecule has 1 unspecified atom stereocenters. The van der Waals surface area contributed by atoms with Crippen LogP contribution in [0.1, 0.15) is 59.8 Å². The minimum absolute atomic E-state index is 0.0135. The van der Waals surface area contributed by atoms with E-state index in [9.17, 15) is 9.90 Å². The number of rotatable bonds is 2. The van der Waals surface area contributed by atoms with Crippen LogP contribution in [0.4, 0.5) is 0 Å². The lowest BCUT2D eigenvalue weighted by Crippen LogP contribution is -2.62. The van der Waals surface area contributed by atoms with Crippen molar-refractivity contribution >= 4 is 5.97 Å². The van der Waals surface area contributed by atoms with Crippen LogP contribution in [-0.4, -0.2) is 42.3 Å². The Labute approximate surface area is 168 Å². The van der Waals surface area contributed by atoms with E-state index in [0.717, 1.165) is 38.7 Å². The van der Waals surface area contributed by atoms with Crippen molar-refractivity contribution in [2.75, 3.05) is 13.2 Å². The van der Waals surface area contributed by atoms with Crippen molar-refractivity contribution in [3.05, 3.63) is 23.8 Å². The van der Waals surface area contributed by atoms with Gasteiger partial charge in [0.05, 0.1) is 18.3 Å². The Morgan fingerprint density at radius 1 is 1.21 bits per heavy atom. The smallest absolute Gasteiger partial charge is 0.336 e. The first-order valence-electron chi connectivity index (χ1n) is 10.6. The summed E-state index contributed by atoms with van der Waals surface area (Å²) in [5.41, 5.74) is 1.74. The zero-order valence-corrected chi connectivity index (χ0v) is 17.6.